The Morgan fingerprint density at radius 3 is 2.65 bits per heavy atom. The second-order valence-electron chi connectivity index (χ2n) is 11.4. The van der Waals surface area contributed by atoms with Crippen LogP contribution in [0.3, 0.4) is 0 Å². The van der Waals surface area contributed by atoms with Crippen LogP contribution in [-0.2, 0) is 42.6 Å². The SMILES string of the molecule is COC(=O)c1cc2c3c(Cl)ccc2n1CCCOc1cc(cc2ccccc12)SCc1cc(nn1C)CSCc1nn(C)c(C)c1-3. The number of methoxy groups -OCH3 is 1. The van der Waals surface area contributed by atoms with Gasteiger partial charge in [-0.3, -0.25) is 9.36 Å². The normalized spacial score (nSPS) is 14.2. The number of aromatic nitrogens is 5. The Labute approximate surface area is 281 Å². The van der Waals surface area contributed by atoms with Crippen molar-refractivity contribution < 1.29 is 14.3 Å². The molecule has 0 amide bonds. The Bertz CT molecular complexity index is 2110. The van der Waals surface area contributed by atoms with Gasteiger partial charge in [0.1, 0.15) is 11.4 Å². The number of carbonyl (C=O) groups excluding carboxylic acids is 1. The highest BCUT2D eigenvalue weighted by Crippen LogP contribution is 2.41. The molecule has 7 rings (SSSR count). The largest absolute Gasteiger partial charge is 0.493 e. The van der Waals surface area contributed by atoms with E-state index in [1.54, 1.807) is 23.5 Å². The lowest BCUT2D eigenvalue weighted by atomic mass is 9.99. The van der Waals surface area contributed by atoms with Gasteiger partial charge in [-0.25, -0.2) is 4.79 Å². The zero-order chi connectivity index (χ0) is 31.9. The van der Waals surface area contributed by atoms with Crippen LogP contribution in [0.15, 0.2) is 65.6 Å². The van der Waals surface area contributed by atoms with Gasteiger partial charge >= 0.3 is 5.97 Å². The number of carbonyl (C=O) groups is 1. The van der Waals surface area contributed by atoms with Gasteiger partial charge in [0.2, 0.25) is 0 Å². The van der Waals surface area contributed by atoms with Crippen LogP contribution in [0.25, 0.3) is 32.8 Å². The predicted molar refractivity (Wildman–Crippen MR) is 187 cm³/mol. The molecule has 46 heavy (non-hydrogen) atoms. The van der Waals surface area contributed by atoms with Crippen LogP contribution in [0.1, 0.15) is 39.7 Å². The average Bonchev–Trinajstić information content (AvgIpc) is 3.69. The first kappa shape index (κ1) is 30.8. The summed E-state index contributed by atoms with van der Waals surface area (Å²) in [6, 6.07) is 20.7. The van der Waals surface area contributed by atoms with Gasteiger partial charge in [-0.2, -0.15) is 10.2 Å². The van der Waals surface area contributed by atoms with Crippen LogP contribution in [-0.4, -0.2) is 43.8 Å². The summed E-state index contributed by atoms with van der Waals surface area (Å²) in [5, 5.41) is 13.5. The van der Waals surface area contributed by atoms with Gasteiger partial charge in [0.15, 0.2) is 0 Å². The first-order chi connectivity index (χ1) is 22.3. The topological polar surface area (TPSA) is 76.1 Å². The Hall–Kier alpha value is -3.86. The van der Waals surface area contributed by atoms with Gasteiger partial charge in [0.05, 0.1) is 25.1 Å². The molecule has 0 unspecified atom stereocenters. The van der Waals surface area contributed by atoms with Crippen LogP contribution >= 0.6 is 35.1 Å². The molecule has 0 radical (unpaired) electrons. The molecule has 1 aliphatic rings. The van der Waals surface area contributed by atoms with Gasteiger partial charge < -0.3 is 14.0 Å². The second-order valence-corrected chi connectivity index (χ2v) is 13.9. The Morgan fingerprint density at radius 1 is 0.957 bits per heavy atom. The van der Waals surface area contributed by atoms with E-state index in [4.69, 9.17) is 31.3 Å². The molecule has 3 aromatic heterocycles. The van der Waals surface area contributed by atoms with Crippen LogP contribution in [0.5, 0.6) is 5.75 Å². The molecule has 4 heterocycles. The lowest BCUT2D eigenvalue weighted by molar-refractivity contribution is 0.0588. The Kier molecular flexibility index (Phi) is 8.52. The minimum Gasteiger partial charge on any atom is -0.493 e. The van der Waals surface area contributed by atoms with E-state index in [0.29, 0.717) is 36.0 Å². The van der Waals surface area contributed by atoms with E-state index < -0.39 is 5.97 Å². The highest BCUT2D eigenvalue weighted by Gasteiger charge is 2.24. The molecule has 0 saturated heterocycles. The Morgan fingerprint density at radius 2 is 1.80 bits per heavy atom. The summed E-state index contributed by atoms with van der Waals surface area (Å²) in [6.45, 7) is 3.11. The molecule has 1 aliphatic heterocycles. The summed E-state index contributed by atoms with van der Waals surface area (Å²) in [4.78, 5) is 14.2. The zero-order valence-corrected chi connectivity index (χ0v) is 28.6. The summed E-state index contributed by atoms with van der Waals surface area (Å²) >= 11 is 10.5. The molecule has 0 aliphatic carbocycles. The third kappa shape index (κ3) is 5.67. The highest BCUT2D eigenvalue weighted by atomic mass is 35.5. The van der Waals surface area contributed by atoms with Crippen molar-refractivity contribution in [2.24, 2.45) is 14.1 Å². The first-order valence-electron chi connectivity index (χ1n) is 15.1. The average molecular weight is 672 g/mol. The molecule has 0 atom stereocenters. The van der Waals surface area contributed by atoms with Crippen molar-refractivity contribution in [3.8, 4) is 16.9 Å². The second kappa shape index (κ2) is 12.7. The van der Waals surface area contributed by atoms with Crippen LogP contribution in [0, 0.1) is 6.92 Å². The maximum absolute atomic E-state index is 13.1. The third-order valence-electron chi connectivity index (χ3n) is 8.57. The molecule has 8 nitrogen and oxygen atoms in total. The third-order valence-corrected chi connectivity index (χ3v) is 10.9. The molecule has 6 aromatic rings. The van der Waals surface area contributed by atoms with Gasteiger partial charge in [-0.15, -0.1) is 23.5 Å². The number of aryl methyl sites for hydroxylation is 3. The number of hydrogen-bond acceptors (Lipinski definition) is 7. The molecule has 0 N–H and O–H groups in total. The van der Waals surface area contributed by atoms with E-state index >= 15 is 0 Å². The molecule has 11 heteroatoms. The summed E-state index contributed by atoms with van der Waals surface area (Å²) < 4.78 is 17.6. The summed E-state index contributed by atoms with van der Waals surface area (Å²) in [5.74, 6) is 2.70. The van der Waals surface area contributed by atoms with E-state index in [0.717, 1.165) is 72.0 Å². The minimum absolute atomic E-state index is 0.391. The molecule has 3 aromatic carbocycles. The van der Waals surface area contributed by atoms with Crippen molar-refractivity contribution in [2.45, 2.75) is 42.0 Å². The quantitative estimate of drug-likeness (QED) is 0.163. The van der Waals surface area contributed by atoms with Crippen molar-refractivity contribution in [1.82, 2.24) is 24.1 Å². The smallest absolute Gasteiger partial charge is 0.354 e. The molecule has 8 bridgehead atoms. The number of nitrogens with zero attached hydrogens (tertiary/aromatic N) is 5. The van der Waals surface area contributed by atoms with Crippen molar-refractivity contribution >= 4 is 62.8 Å². The maximum Gasteiger partial charge on any atom is 0.354 e. The van der Waals surface area contributed by atoms with E-state index in [1.807, 2.05) is 52.3 Å². The molecular formula is C35H34ClN5O3S2. The van der Waals surface area contributed by atoms with Crippen molar-refractivity contribution in [2.75, 3.05) is 13.7 Å². The van der Waals surface area contributed by atoms with Crippen LogP contribution in [0.2, 0.25) is 5.02 Å². The molecule has 0 saturated carbocycles. The zero-order valence-electron chi connectivity index (χ0n) is 26.2. The van der Waals surface area contributed by atoms with E-state index in [9.17, 15) is 4.79 Å². The molecule has 0 spiro atoms. The number of benzene rings is 3. The fraction of sp³-hybridized carbons (Fsp3) is 0.286. The van der Waals surface area contributed by atoms with Crippen molar-refractivity contribution in [3.63, 3.8) is 0 Å². The number of fused-ring (bicyclic) bond motifs is 8. The monoisotopic (exact) mass is 671 g/mol. The number of halogens is 1. The summed E-state index contributed by atoms with van der Waals surface area (Å²) in [5.41, 5.74) is 7.43. The molecule has 236 valence electrons. The highest BCUT2D eigenvalue weighted by molar-refractivity contribution is 7.98. The number of ether oxygens (including phenoxy) is 2. The van der Waals surface area contributed by atoms with Gasteiger partial charge in [0.25, 0.3) is 0 Å². The standard InChI is InChI=1S/C35H34ClN5O3S2/c1-21-33-29(38-39(21)2)20-45-18-23-15-24(40(3)37-23)19-46-25-14-22-8-5-6-9-26(22)32(16-25)44-13-7-12-41-30-11-10-28(36)34(33)27(30)17-31(41)35(42)43-4/h5-6,8-11,14-17H,7,12-13,18-20H2,1-4H3. The number of esters is 1. The fourth-order valence-corrected chi connectivity index (χ4v) is 8.32. The van der Waals surface area contributed by atoms with Gasteiger partial charge in [0, 0.05) is 86.6 Å². The lowest BCUT2D eigenvalue weighted by Crippen LogP contribution is -2.12. The summed E-state index contributed by atoms with van der Waals surface area (Å²) in [7, 11) is 5.38. The van der Waals surface area contributed by atoms with Gasteiger partial charge in [-0.05, 0) is 55.1 Å². The van der Waals surface area contributed by atoms with Gasteiger partial charge in [-0.1, -0.05) is 35.9 Å². The number of thioether (sulfide) groups is 2. The van der Waals surface area contributed by atoms with E-state index in [2.05, 4.69) is 43.3 Å². The summed E-state index contributed by atoms with van der Waals surface area (Å²) in [6.07, 6.45) is 0.684. The number of rotatable bonds is 1. The van der Waals surface area contributed by atoms with E-state index in [-0.39, 0.29) is 0 Å². The van der Waals surface area contributed by atoms with Crippen molar-refractivity contribution in [3.05, 3.63) is 94.2 Å². The predicted octanol–water partition coefficient (Wildman–Crippen LogP) is 8.19. The minimum atomic E-state index is -0.391. The first-order valence-corrected chi connectivity index (χ1v) is 17.6. The maximum atomic E-state index is 13.1. The lowest BCUT2D eigenvalue weighted by Gasteiger charge is -2.14. The van der Waals surface area contributed by atoms with E-state index in [1.165, 1.54) is 12.8 Å². The van der Waals surface area contributed by atoms with Crippen LogP contribution in [0.4, 0.5) is 0 Å². The number of hydrogen-bond donors (Lipinski definition) is 0. The van der Waals surface area contributed by atoms with Crippen molar-refractivity contribution in [1.29, 1.82) is 0 Å². The molecular weight excluding hydrogens is 638 g/mol. The fourth-order valence-electron chi connectivity index (χ4n) is 6.22. The molecule has 0 fully saturated rings. The van der Waals surface area contributed by atoms with Crippen LogP contribution < -0.4 is 4.74 Å². The Balaban J connectivity index is 1.34.